The van der Waals surface area contributed by atoms with Gasteiger partial charge in [-0.1, -0.05) is 0 Å². The summed E-state index contributed by atoms with van der Waals surface area (Å²) in [5.41, 5.74) is 6.27. The van der Waals surface area contributed by atoms with Crippen LogP contribution in [0.15, 0.2) is 0 Å². The molecule has 4 aliphatic rings. The summed E-state index contributed by atoms with van der Waals surface area (Å²) in [5, 5.41) is 3.31. The lowest BCUT2D eigenvalue weighted by molar-refractivity contribution is -0.128. The molecule has 3 aliphatic carbocycles. The fraction of sp³-hybridized carbons (Fsp3) is 0.938. The van der Waals surface area contributed by atoms with Gasteiger partial charge in [0.05, 0.1) is 5.92 Å². The van der Waals surface area contributed by atoms with E-state index >= 15 is 0 Å². The van der Waals surface area contributed by atoms with Gasteiger partial charge in [-0.2, -0.15) is 0 Å². The maximum atomic E-state index is 12.5. The van der Waals surface area contributed by atoms with Gasteiger partial charge in [0.1, 0.15) is 0 Å². The van der Waals surface area contributed by atoms with Crippen LogP contribution in [-0.4, -0.2) is 42.0 Å². The highest BCUT2D eigenvalue weighted by Crippen LogP contribution is 2.47. The second kappa shape index (κ2) is 7.25. The molecule has 2 bridgehead atoms. The number of amides is 1. The van der Waals surface area contributed by atoms with Crippen LogP contribution in [-0.2, 0) is 4.79 Å². The zero-order chi connectivity index (χ0) is 13.7. The van der Waals surface area contributed by atoms with Crippen LogP contribution in [0.25, 0.3) is 0 Å². The Hall–Kier alpha value is -0.0300. The Morgan fingerprint density at radius 2 is 1.59 bits per heavy atom. The molecular weight excluding hydrogens is 321 g/mol. The van der Waals surface area contributed by atoms with Crippen LogP contribution >= 0.6 is 24.8 Å². The third-order valence-corrected chi connectivity index (χ3v) is 6.22. The highest BCUT2D eigenvalue weighted by atomic mass is 35.5. The van der Waals surface area contributed by atoms with Gasteiger partial charge in [0.2, 0.25) is 5.91 Å². The van der Waals surface area contributed by atoms with Crippen LogP contribution in [0, 0.1) is 17.8 Å². The second-order valence-electron chi connectivity index (χ2n) is 7.49. The number of piperidine rings is 1. The van der Waals surface area contributed by atoms with Crippen LogP contribution < -0.4 is 11.1 Å². The van der Waals surface area contributed by atoms with E-state index in [2.05, 4.69) is 10.2 Å². The summed E-state index contributed by atoms with van der Waals surface area (Å²) in [6.45, 7) is 2.33. The number of hydrogen-bond donors (Lipinski definition) is 2. The summed E-state index contributed by atoms with van der Waals surface area (Å²) in [7, 11) is 0. The van der Waals surface area contributed by atoms with Crippen LogP contribution in [0.2, 0.25) is 0 Å². The zero-order valence-corrected chi connectivity index (χ0v) is 14.7. The van der Waals surface area contributed by atoms with Crippen molar-refractivity contribution in [3.63, 3.8) is 0 Å². The second-order valence-corrected chi connectivity index (χ2v) is 7.49. The highest BCUT2D eigenvalue weighted by molar-refractivity contribution is 5.85. The fourth-order valence-electron chi connectivity index (χ4n) is 4.87. The van der Waals surface area contributed by atoms with E-state index in [1.54, 1.807) is 0 Å². The Labute approximate surface area is 145 Å². The van der Waals surface area contributed by atoms with Crippen molar-refractivity contribution in [3.05, 3.63) is 0 Å². The first kappa shape index (κ1) is 18.3. The maximum absolute atomic E-state index is 12.5. The first-order valence-electron chi connectivity index (χ1n) is 8.52. The fourth-order valence-corrected chi connectivity index (χ4v) is 4.87. The number of nitrogens with two attached hydrogens (primary N) is 1. The lowest BCUT2D eigenvalue weighted by Gasteiger charge is -2.34. The Balaban J connectivity index is 0.000000882. The van der Waals surface area contributed by atoms with E-state index in [4.69, 9.17) is 5.73 Å². The largest absolute Gasteiger partial charge is 0.353 e. The topological polar surface area (TPSA) is 58.4 Å². The van der Waals surface area contributed by atoms with Crippen molar-refractivity contribution in [3.8, 4) is 0 Å². The molecule has 128 valence electrons. The van der Waals surface area contributed by atoms with E-state index in [0.29, 0.717) is 17.9 Å². The van der Waals surface area contributed by atoms with Crippen molar-refractivity contribution in [1.29, 1.82) is 0 Å². The summed E-state index contributed by atoms with van der Waals surface area (Å²) >= 11 is 0. The van der Waals surface area contributed by atoms with E-state index in [0.717, 1.165) is 18.9 Å². The van der Waals surface area contributed by atoms with E-state index < -0.39 is 0 Å². The van der Waals surface area contributed by atoms with E-state index in [-0.39, 0.29) is 42.7 Å². The Kier molecular flexibility index (Phi) is 6.03. The third kappa shape index (κ3) is 3.40. The maximum Gasteiger partial charge on any atom is 0.225 e. The predicted molar refractivity (Wildman–Crippen MR) is 92.6 cm³/mol. The number of hydrogen-bond acceptors (Lipinski definition) is 3. The van der Waals surface area contributed by atoms with Crippen molar-refractivity contribution < 1.29 is 4.79 Å². The van der Waals surface area contributed by atoms with E-state index in [9.17, 15) is 4.79 Å². The molecule has 6 heteroatoms. The minimum Gasteiger partial charge on any atom is -0.353 e. The number of carbonyl (C=O) groups excluding carboxylic acids is 1. The number of rotatable bonds is 3. The average molecular weight is 350 g/mol. The predicted octanol–water partition coefficient (Wildman–Crippen LogP) is 1.95. The van der Waals surface area contributed by atoms with Gasteiger partial charge in [0.15, 0.2) is 0 Å². The lowest BCUT2D eigenvalue weighted by atomic mass is 9.84. The standard InChI is InChI=1S/C16H27N3O.2ClH/c17-15-11-2-1-10(9-11)14(15)16(20)18-12-5-7-19(8-6-12)13-3-4-13;;/h10-15H,1-9,17H2,(H,18,20);2*1H. The highest BCUT2D eigenvalue weighted by Gasteiger charge is 2.49. The van der Waals surface area contributed by atoms with Crippen molar-refractivity contribution in [2.24, 2.45) is 23.5 Å². The molecule has 0 spiro atoms. The number of nitrogens with one attached hydrogen (secondary N) is 1. The van der Waals surface area contributed by atoms with Gasteiger partial charge >= 0.3 is 0 Å². The number of carbonyl (C=O) groups is 1. The minimum absolute atomic E-state index is 0. The minimum atomic E-state index is 0. The monoisotopic (exact) mass is 349 g/mol. The third-order valence-electron chi connectivity index (χ3n) is 6.22. The number of fused-ring (bicyclic) bond motifs is 2. The summed E-state index contributed by atoms with van der Waals surface area (Å²) in [5.74, 6) is 1.55. The van der Waals surface area contributed by atoms with Crippen molar-refractivity contribution in [1.82, 2.24) is 10.2 Å². The molecule has 4 rings (SSSR count). The average Bonchev–Trinajstić information content (AvgIpc) is 3.11. The molecule has 0 radical (unpaired) electrons. The van der Waals surface area contributed by atoms with Crippen molar-refractivity contribution in [2.75, 3.05) is 13.1 Å². The van der Waals surface area contributed by atoms with E-state index in [1.807, 2.05) is 0 Å². The van der Waals surface area contributed by atoms with Crippen LogP contribution in [0.3, 0.4) is 0 Å². The van der Waals surface area contributed by atoms with Gasteiger partial charge in [0.25, 0.3) is 0 Å². The molecule has 0 aromatic carbocycles. The summed E-state index contributed by atoms with van der Waals surface area (Å²) in [6.07, 6.45) is 8.68. The van der Waals surface area contributed by atoms with Crippen LogP contribution in [0.1, 0.15) is 44.9 Å². The zero-order valence-electron chi connectivity index (χ0n) is 13.1. The molecule has 0 aromatic rings. The molecule has 4 fully saturated rings. The van der Waals surface area contributed by atoms with Gasteiger partial charge in [-0.15, -0.1) is 24.8 Å². The van der Waals surface area contributed by atoms with Gasteiger partial charge in [-0.25, -0.2) is 0 Å². The van der Waals surface area contributed by atoms with E-state index in [1.165, 1.54) is 45.2 Å². The molecule has 22 heavy (non-hydrogen) atoms. The quantitative estimate of drug-likeness (QED) is 0.818. The molecule has 1 saturated heterocycles. The Bertz CT molecular complexity index is 395. The molecule has 0 aromatic heterocycles. The molecule has 4 atom stereocenters. The first-order valence-corrected chi connectivity index (χ1v) is 8.52. The molecule has 1 heterocycles. The smallest absolute Gasteiger partial charge is 0.225 e. The molecule has 1 aliphatic heterocycles. The number of likely N-dealkylation sites (tertiary alicyclic amines) is 1. The van der Waals surface area contributed by atoms with Crippen LogP contribution in [0.4, 0.5) is 0 Å². The van der Waals surface area contributed by atoms with Gasteiger partial charge in [-0.05, 0) is 56.8 Å². The van der Waals surface area contributed by atoms with Gasteiger partial charge in [0, 0.05) is 31.2 Å². The van der Waals surface area contributed by atoms with Crippen molar-refractivity contribution in [2.45, 2.75) is 63.1 Å². The Morgan fingerprint density at radius 3 is 2.14 bits per heavy atom. The summed E-state index contributed by atoms with van der Waals surface area (Å²) in [6, 6.07) is 1.38. The Morgan fingerprint density at radius 1 is 0.955 bits per heavy atom. The van der Waals surface area contributed by atoms with Gasteiger partial charge < -0.3 is 16.0 Å². The first-order chi connectivity index (χ1) is 9.72. The lowest BCUT2D eigenvalue weighted by Crippen LogP contribution is -2.51. The van der Waals surface area contributed by atoms with Gasteiger partial charge in [-0.3, -0.25) is 4.79 Å². The molecule has 4 unspecified atom stereocenters. The molecule has 4 nitrogen and oxygen atoms in total. The molecular formula is C16H29Cl2N3O. The molecule has 1 amide bonds. The number of nitrogens with zero attached hydrogens (tertiary/aromatic N) is 1. The van der Waals surface area contributed by atoms with Crippen LogP contribution in [0.5, 0.6) is 0 Å². The molecule has 3 N–H and O–H groups in total. The normalized spacial score (nSPS) is 38.2. The molecule has 3 saturated carbocycles. The summed E-state index contributed by atoms with van der Waals surface area (Å²) < 4.78 is 0. The number of halogens is 2. The SMILES string of the molecule is Cl.Cl.NC1C2CCC(C2)C1C(=O)NC1CCN(C2CC2)CC1. The summed E-state index contributed by atoms with van der Waals surface area (Å²) in [4.78, 5) is 15.1. The van der Waals surface area contributed by atoms with Crippen molar-refractivity contribution >= 4 is 30.7 Å².